The maximum absolute atomic E-state index is 5.80. The molecule has 1 aliphatic rings. The van der Waals surface area contributed by atoms with Crippen molar-refractivity contribution in [1.82, 2.24) is 25.4 Å². The summed E-state index contributed by atoms with van der Waals surface area (Å²) in [5.74, 6) is 3.43. The molecular formula is C23H28N6O. The van der Waals surface area contributed by atoms with Crippen LogP contribution in [0.2, 0.25) is 0 Å². The molecule has 1 aromatic heterocycles. The Morgan fingerprint density at radius 2 is 2.03 bits per heavy atom. The molecule has 1 aliphatic heterocycles. The summed E-state index contributed by atoms with van der Waals surface area (Å²) in [6.45, 7) is 5.87. The van der Waals surface area contributed by atoms with Gasteiger partial charge in [-0.05, 0) is 25.5 Å². The number of hydrogen-bond donors (Lipinski definition) is 2. The Morgan fingerprint density at radius 3 is 2.83 bits per heavy atom. The predicted octanol–water partition coefficient (Wildman–Crippen LogP) is 3.19. The third kappa shape index (κ3) is 4.62. The number of aromatic nitrogens is 3. The molecule has 0 radical (unpaired) electrons. The van der Waals surface area contributed by atoms with Crippen LogP contribution in [0.25, 0.3) is 0 Å². The summed E-state index contributed by atoms with van der Waals surface area (Å²) in [6.07, 6.45) is 0.880. The van der Waals surface area contributed by atoms with Crippen molar-refractivity contribution >= 4 is 5.96 Å². The van der Waals surface area contributed by atoms with Crippen LogP contribution in [-0.4, -0.2) is 27.3 Å². The molecule has 1 atom stereocenters. The molecule has 0 bridgehead atoms. The summed E-state index contributed by atoms with van der Waals surface area (Å²) in [5, 5.41) is 15.4. The number of ether oxygens (including phenoxy) is 1. The number of benzene rings is 2. The topological polar surface area (TPSA) is 76.4 Å². The summed E-state index contributed by atoms with van der Waals surface area (Å²) in [4.78, 5) is 4.85. The summed E-state index contributed by atoms with van der Waals surface area (Å²) in [6, 6.07) is 16.7. The normalized spacial score (nSPS) is 16.0. The minimum absolute atomic E-state index is 0.139. The highest BCUT2D eigenvalue weighted by Gasteiger charge is 2.22. The molecule has 0 fully saturated rings. The van der Waals surface area contributed by atoms with Crippen molar-refractivity contribution in [3.05, 3.63) is 76.9 Å². The average molecular weight is 405 g/mol. The van der Waals surface area contributed by atoms with E-state index in [1.54, 1.807) is 0 Å². The van der Waals surface area contributed by atoms with Gasteiger partial charge in [0.2, 0.25) is 0 Å². The zero-order chi connectivity index (χ0) is 20.9. The highest BCUT2D eigenvalue weighted by atomic mass is 16.5. The molecule has 2 N–H and O–H groups in total. The van der Waals surface area contributed by atoms with Gasteiger partial charge in [-0.25, -0.2) is 4.99 Å². The van der Waals surface area contributed by atoms with Gasteiger partial charge in [-0.2, -0.15) is 0 Å². The fraction of sp³-hybridized carbons (Fsp3) is 0.348. The molecule has 0 amide bonds. The van der Waals surface area contributed by atoms with E-state index in [1.165, 1.54) is 11.1 Å². The Kier molecular flexibility index (Phi) is 5.97. The first-order chi connectivity index (χ1) is 14.6. The zero-order valence-corrected chi connectivity index (χ0v) is 17.7. The minimum Gasteiger partial charge on any atom is -0.493 e. The van der Waals surface area contributed by atoms with Crippen molar-refractivity contribution in [3.63, 3.8) is 0 Å². The second-order valence-corrected chi connectivity index (χ2v) is 7.60. The monoisotopic (exact) mass is 404 g/mol. The smallest absolute Gasteiger partial charge is 0.192 e. The molecular weight excluding hydrogens is 376 g/mol. The molecule has 3 aromatic rings. The lowest BCUT2D eigenvalue weighted by molar-refractivity contribution is 0.261. The largest absolute Gasteiger partial charge is 0.493 e. The van der Waals surface area contributed by atoms with Crippen LogP contribution in [-0.2, 0) is 20.1 Å². The minimum atomic E-state index is 0.139. The van der Waals surface area contributed by atoms with Gasteiger partial charge in [-0.15, -0.1) is 10.2 Å². The van der Waals surface area contributed by atoms with E-state index in [0.717, 1.165) is 35.3 Å². The SMILES string of the molecule is Cc1cccc(CN=C(NCc2nnc(C)n2C)NC2CCOc3ccccc32)c1. The Labute approximate surface area is 177 Å². The molecule has 0 spiro atoms. The summed E-state index contributed by atoms with van der Waals surface area (Å²) < 4.78 is 7.78. The second kappa shape index (κ2) is 8.98. The zero-order valence-electron chi connectivity index (χ0n) is 17.7. The van der Waals surface area contributed by atoms with E-state index >= 15 is 0 Å². The molecule has 0 aliphatic carbocycles. The average Bonchev–Trinajstić information content (AvgIpc) is 3.08. The van der Waals surface area contributed by atoms with Crippen LogP contribution in [0.1, 0.15) is 40.8 Å². The Bertz CT molecular complexity index is 1040. The first-order valence-electron chi connectivity index (χ1n) is 10.3. The van der Waals surface area contributed by atoms with Gasteiger partial charge in [-0.1, -0.05) is 48.0 Å². The van der Waals surface area contributed by atoms with E-state index in [2.05, 4.69) is 58.1 Å². The van der Waals surface area contributed by atoms with Crippen LogP contribution >= 0.6 is 0 Å². The standard InChI is InChI=1S/C23H28N6O/c1-16-7-6-8-18(13-16)14-24-23(25-15-22-28-27-17(2)29(22)3)26-20-11-12-30-21-10-5-4-9-19(20)21/h4-10,13,20H,11-12,14-15H2,1-3H3,(H2,24,25,26). The fourth-order valence-corrected chi connectivity index (χ4v) is 3.56. The van der Waals surface area contributed by atoms with Gasteiger partial charge in [0, 0.05) is 19.0 Å². The first-order valence-corrected chi connectivity index (χ1v) is 10.3. The van der Waals surface area contributed by atoms with E-state index < -0.39 is 0 Å². The van der Waals surface area contributed by atoms with Crippen LogP contribution < -0.4 is 15.4 Å². The van der Waals surface area contributed by atoms with Crippen LogP contribution in [0.4, 0.5) is 0 Å². The number of para-hydroxylation sites is 1. The Balaban J connectivity index is 1.53. The van der Waals surface area contributed by atoms with E-state index in [-0.39, 0.29) is 6.04 Å². The van der Waals surface area contributed by atoms with Crippen molar-refractivity contribution in [2.24, 2.45) is 12.0 Å². The molecule has 2 aromatic carbocycles. The molecule has 4 rings (SSSR count). The molecule has 156 valence electrons. The number of fused-ring (bicyclic) bond motifs is 1. The molecule has 0 saturated carbocycles. The number of aliphatic imine (C=N–C) groups is 1. The maximum Gasteiger partial charge on any atom is 0.192 e. The third-order valence-corrected chi connectivity index (χ3v) is 5.37. The second-order valence-electron chi connectivity index (χ2n) is 7.60. The van der Waals surface area contributed by atoms with Gasteiger partial charge in [-0.3, -0.25) is 0 Å². The number of hydrogen-bond acceptors (Lipinski definition) is 4. The van der Waals surface area contributed by atoms with E-state index in [1.807, 2.05) is 36.7 Å². The number of nitrogens with one attached hydrogen (secondary N) is 2. The van der Waals surface area contributed by atoms with Gasteiger partial charge < -0.3 is 19.9 Å². The van der Waals surface area contributed by atoms with E-state index in [4.69, 9.17) is 9.73 Å². The van der Waals surface area contributed by atoms with Crippen LogP contribution in [0.5, 0.6) is 5.75 Å². The Hall–Kier alpha value is -3.35. The predicted molar refractivity (Wildman–Crippen MR) is 117 cm³/mol. The third-order valence-electron chi connectivity index (χ3n) is 5.37. The van der Waals surface area contributed by atoms with Gasteiger partial charge in [0.1, 0.15) is 11.6 Å². The molecule has 30 heavy (non-hydrogen) atoms. The van der Waals surface area contributed by atoms with Crippen molar-refractivity contribution < 1.29 is 4.74 Å². The number of nitrogens with zero attached hydrogens (tertiary/aromatic N) is 4. The maximum atomic E-state index is 5.80. The number of guanidine groups is 1. The quantitative estimate of drug-likeness (QED) is 0.505. The highest BCUT2D eigenvalue weighted by molar-refractivity contribution is 5.80. The first kappa shape index (κ1) is 19.9. The lowest BCUT2D eigenvalue weighted by Crippen LogP contribution is -2.41. The number of aryl methyl sites for hydroxylation is 2. The van der Waals surface area contributed by atoms with Crippen molar-refractivity contribution in [2.75, 3.05) is 6.61 Å². The lowest BCUT2D eigenvalue weighted by atomic mass is 10.0. The van der Waals surface area contributed by atoms with Crippen LogP contribution in [0, 0.1) is 13.8 Å². The Morgan fingerprint density at radius 1 is 1.17 bits per heavy atom. The lowest BCUT2D eigenvalue weighted by Gasteiger charge is -2.28. The highest BCUT2D eigenvalue weighted by Crippen LogP contribution is 2.31. The molecule has 7 nitrogen and oxygen atoms in total. The molecule has 0 saturated heterocycles. The van der Waals surface area contributed by atoms with Crippen molar-refractivity contribution in [2.45, 2.75) is 39.4 Å². The van der Waals surface area contributed by atoms with Gasteiger partial charge in [0.25, 0.3) is 0 Å². The van der Waals surface area contributed by atoms with E-state index in [9.17, 15) is 0 Å². The van der Waals surface area contributed by atoms with Crippen molar-refractivity contribution in [3.8, 4) is 5.75 Å². The van der Waals surface area contributed by atoms with Gasteiger partial charge in [0.15, 0.2) is 11.8 Å². The van der Waals surface area contributed by atoms with E-state index in [0.29, 0.717) is 19.7 Å². The van der Waals surface area contributed by atoms with Crippen LogP contribution in [0.3, 0.4) is 0 Å². The summed E-state index contributed by atoms with van der Waals surface area (Å²) >= 11 is 0. The summed E-state index contributed by atoms with van der Waals surface area (Å²) in [7, 11) is 1.97. The van der Waals surface area contributed by atoms with Crippen molar-refractivity contribution in [1.29, 1.82) is 0 Å². The van der Waals surface area contributed by atoms with Gasteiger partial charge in [0.05, 0.1) is 25.7 Å². The molecule has 2 heterocycles. The fourth-order valence-electron chi connectivity index (χ4n) is 3.56. The van der Waals surface area contributed by atoms with Crippen LogP contribution in [0.15, 0.2) is 53.5 Å². The van der Waals surface area contributed by atoms with Gasteiger partial charge >= 0.3 is 0 Å². The molecule has 7 heteroatoms. The number of rotatable bonds is 5. The summed E-state index contributed by atoms with van der Waals surface area (Å²) in [5.41, 5.74) is 3.57. The molecule has 1 unspecified atom stereocenters.